The molecule has 4 heteroatoms. The number of aliphatic imine (C=N–C) groups is 1. The molecule has 2 atom stereocenters. The maximum absolute atomic E-state index is 5.54. The molecule has 0 radical (unpaired) electrons. The minimum absolute atomic E-state index is 0.174. The monoisotopic (exact) mass is 225 g/mol. The van der Waals surface area contributed by atoms with Crippen molar-refractivity contribution in [3.63, 3.8) is 0 Å². The van der Waals surface area contributed by atoms with Crippen LogP contribution in [0.5, 0.6) is 0 Å². The van der Waals surface area contributed by atoms with Crippen molar-refractivity contribution in [3.05, 3.63) is 12.7 Å². The molecule has 1 aliphatic rings. The van der Waals surface area contributed by atoms with Crippen molar-refractivity contribution in [1.82, 2.24) is 10.6 Å². The van der Waals surface area contributed by atoms with E-state index in [1.54, 1.807) is 0 Å². The van der Waals surface area contributed by atoms with Crippen molar-refractivity contribution in [2.45, 2.75) is 26.4 Å². The van der Waals surface area contributed by atoms with Gasteiger partial charge >= 0.3 is 0 Å². The summed E-state index contributed by atoms with van der Waals surface area (Å²) in [6.07, 6.45) is 3.13. The largest absolute Gasteiger partial charge is 0.374 e. The molecule has 0 amide bonds. The predicted octanol–water partition coefficient (Wildman–Crippen LogP) is 1.15. The summed E-state index contributed by atoms with van der Waals surface area (Å²) in [7, 11) is 0. The molecule has 1 rings (SSSR count). The molecule has 0 saturated carbocycles. The van der Waals surface area contributed by atoms with Gasteiger partial charge in [-0.2, -0.15) is 0 Å². The first-order valence-electron chi connectivity index (χ1n) is 6.08. The van der Waals surface area contributed by atoms with E-state index in [9.17, 15) is 0 Å². The number of nitrogens with zero attached hydrogens (tertiary/aromatic N) is 1. The van der Waals surface area contributed by atoms with E-state index in [1.807, 2.05) is 6.08 Å². The first-order chi connectivity index (χ1) is 7.81. The fourth-order valence-electron chi connectivity index (χ4n) is 1.83. The summed E-state index contributed by atoms with van der Waals surface area (Å²) in [6, 6.07) is 0. The second kappa shape index (κ2) is 7.28. The zero-order valence-electron chi connectivity index (χ0n) is 10.3. The molecule has 0 bridgehead atoms. The fraction of sp³-hybridized carbons (Fsp3) is 0.750. The first-order valence-corrected chi connectivity index (χ1v) is 6.08. The van der Waals surface area contributed by atoms with Crippen LogP contribution in [0.4, 0.5) is 0 Å². The van der Waals surface area contributed by atoms with Crippen LogP contribution in [-0.2, 0) is 4.74 Å². The quantitative estimate of drug-likeness (QED) is 0.419. The van der Waals surface area contributed by atoms with Crippen LogP contribution < -0.4 is 10.6 Å². The molecule has 1 fully saturated rings. The third-order valence-corrected chi connectivity index (χ3v) is 2.67. The summed E-state index contributed by atoms with van der Waals surface area (Å²) in [6.45, 7) is 11.3. The van der Waals surface area contributed by atoms with Crippen molar-refractivity contribution in [3.8, 4) is 0 Å². The standard InChI is InChI=1S/C12H23N3O/c1-4-11-10(7-8-16-11)9-15-12(13-5-2)14-6-3/h4,10-11H,1,5-9H2,2-3H3,(H2,13,14,15)/t10-,11-/m0/s1. The lowest BCUT2D eigenvalue weighted by Crippen LogP contribution is -2.37. The summed E-state index contributed by atoms with van der Waals surface area (Å²) in [4.78, 5) is 4.55. The molecular weight excluding hydrogens is 202 g/mol. The highest BCUT2D eigenvalue weighted by molar-refractivity contribution is 5.79. The molecule has 16 heavy (non-hydrogen) atoms. The van der Waals surface area contributed by atoms with Gasteiger partial charge in [0.2, 0.25) is 0 Å². The van der Waals surface area contributed by atoms with E-state index < -0.39 is 0 Å². The van der Waals surface area contributed by atoms with Crippen LogP contribution in [0.1, 0.15) is 20.3 Å². The molecular formula is C12H23N3O. The summed E-state index contributed by atoms with van der Waals surface area (Å²) in [5.41, 5.74) is 0. The Kier molecular flexibility index (Phi) is 5.93. The van der Waals surface area contributed by atoms with Gasteiger partial charge in [0.1, 0.15) is 0 Å². The van der Waals surface area contributed by atoms with E-state index in [0.29, 0.717) is 5.92 Å². The number of hydrogen-bond donors (Lipinski definition) is 2. The molecule has 0 aromatic heterocycles. The van der Waals surface area contributed by atoms with E-state index in [1.165, 1.54) is 0 Å². The highest BCUT2D eigenvalue weighted by Gasteiger charge is 2.25. The van der Waals surface area contributed by atoms with Gasteiger partial charge < -0.3 is 15.4 Å². The van der Waals surface area contributed by atoms with Crippen molar-refractivity contribution >= 4 is 5.96 Å². The van der Waals surface area contributed by atoms with Gasteiger partial charge in [-0.25, -0.2) is 0 Å². The maximum Gasteiger partial charge on any atom is 0.191 e. The summed E-state index contributed by atoms with van der Waals surface area (Å²) in [5, 5.41) is 6.43. The van der Waals surface area contributed by atoms with Crippen molar-refractivity contribution in [1.29, 1.82) is 0 Å². The average Bonchev–Trinajstić information content (AvgIpc) is 2.74. The average molecular weight is 225 g/mol. The Hall–Kier alpha value is -1.03. The Labute approximate surface area is 98.2 Å². The fourth-order valence-corrected chi connectivity index (χ4v) is 1.83. The highest BCUT2D eigenvalue weighted by atomic mass is 16.5. The molecule has 1 heterocycles. The number of nitrogens with one attached hydrogen (secondary N) is 2. The van der Waals surface area contributed by atoms with E-state index >= 15 is 0 Å². The Bertz CT molecular complexity index is 232. The van der Waals surface area contributed by atoms with Crippen LogP contribution in [0.25, 0.3) is 0 Å². The van der Waals surface area contributed by atoms with Gasteiger partial charge in [-0.15, -0.1) is 6.58 Å². The van der Waals surface area contributed by atoms with Gasteiger partial charge in [0.25, 0.3) is 0 Å². The van der Waals surface area contributed by atoms with Gasteiger partial charge in [0.15, 0.2) is 5.96 Å². The van der Waals surface area contributed by atoms with Crippen molar-refractivity contribution < 1.29 is 4.74 Å². The lowest BCUT2D eigenvalue weighted by atomic mass is 10.0. The van der Waals surface area contributed by atoms with Gasteiger partial charge in [0.05, 0.1) is 6.10 Å². The Morgan fingerprint density at radius 3 is 2.69 bits per heavy atom. The third-order valence-electron chi connectivity index (χ3n) is 2.67. The van der Waals surface area contributed by atoms with Gasteiger partial charge in [-0.3, -0.25) is 4.99 Å². The predicted molar refractivity (Wildman–Crippen MR) is 67.7 cm³/mol. The third kappa shape index (κ3) is 3.85. The molecule has 0 spiro atoms. The molecule has 1 saturated heterocycles. The lowest BCUT2D eigenvalue weighted by Gasteiger charge is -2.14. The zero-order chi connectivity index (χ0) is 11.8. The van der Waals surface area contributed by atoms with Gasteiger partial charge in [0, 0.05) is 32.2 Å². The number of guanidine groups is 1. The summed E-state index contributed by atoms with van der Waals surface area (Å²) in [5.74, 6) is 1.37. The van der Waals surface area contributed by atoms with Crippen LogP contribution in [-0.4, -0.2) is 38.3 Å². The highest BCUT2D eigenvalue weighted by Crippen LogP contribution is 2.21. The molecule has 0 aromatic carbocycles. The van der Waals surface area contributed by atoms with E-state index in [2.05, 4.69) is 36.1 Å². The smallest absolute Gasteiger partial charge is 0.191 e. The zero-order valence-corrected chi connectivity index (χ0v) is 10.3. The molecule has 0 aromatic rings. The Balaban J connectivity index is 2.44. The molecule has 1 aliphatic heterocycles. The van der Waals surface area contributed by atoms with Crippen LogP contribution in [0.2, 0.25) is 0 Å². The number of hydrogen-bond acceptors (Lipinski definition) is 2. The second-order valence-corrected chi connectivity index (χ2v) is 3.87. The van der Waals surface area contributed by atoms with Gasteiger partial charge in [-0.05, 0) is 20.3 Å². The van der Waals surface area contributed by atoms with E-state index in [0.717, 1.165) is 38.6 Å². The van der Waals surface area contributed by atoms with Crippen LogP contribution in [0, 0.1) is 5.92 Å². The summed E-state index contributed by atoms with van der Waals surface area (Å²) < 4.78 is 5.54. The molecule has 4 nitrogen and oxygen atoms in total. The molecule has 92 valence electrons. The lowest BCUT2D eigenvalue weighted by molar-refractivity contribution is 0.129. The van der Waals surface area contributed by atoms with Crippen LogP contribution >= 0.6 is 0 Å². The minimum atomic E-state index is 0.174. The Morgan fingerprint density at radius 1 is 1.44 bits per heavy atom. The molecule has 2 N–H and O–H groups in total. The van der Waals surface area contributed by atoms with Crippen LogP contribution in [0.15, 0.2) is 17.6 Å². The second-order valence-electron chi connectivity index (χ2n) is 3.87. The minimum Gasteiger partial charge on any atom is -0.374 e. The van der Waals surface area contributed by atoms with Crippen molar-refractivity contribution in [2.75, 3.05) is 26.2 Å². The molecule has 0 aliphatic carbocycles. The number of rotatable bonds is 5. The van der Waals surface area contributed by atoms with E-state index in [4.69, 9.17) is 4.74 Å². The van der Waals surface area contributed by atoms with Crippen molar-refractivity contribution in [2.24, 2.45) is 10.9 Å². The van der Waals surface area contributed by atoms with Gasteiger partial charge in [-0.1, -0.05) is 6.08 Å². The van der Waals surface area contributed by atoms with E-state index in [-0.39, 0.29) is 6.10 Å². The normalized spacial score (nSPS) is 23.9. The first kappa shape index (κ1) is 13.0. The number of ether oxygens (including phenoxy) is 1. The SMILES string of the molecule is C=C[C@@H]1OCC[C@H]1CN=C(NCC)NCC. The Morgan fingerprint density at radius 2 is 2.12 bits per heavy atom. The topological polar surface area (TPSA) is 45.6 Å². The molecule has 0 unspecified atom stereocenters. The summed E-state index contributed by atoms with van der Waals surface area (Å²) >= 11 is 0. The maximum atomic E-state index is 5.54. The van der Waals surface area contributed by atoms with Crippen LogP contribution in [0.3, 0.4) is 0 Å².